The van der Waals surface area contributed by atoms with Crippen LogP contribution < -0.4 is 5.32 Å². The minimum absolute atomic E-state index is 0.0644. The molecule has 1 atom stereocenters. The summed E-state index contributed by atoms with van der Waals surface area (Å²) in [6, 6.07) is 10.2. The fraction of sp³-hybridized carbons (Fsp3) is 0.176. The van der Waals surface area contributed by atoms with Crippen LogP contribution in [0.2, 0.25) is 10.0 Å². The second-order valence-electron chi connectivity index (χ2n) is 5.51. The van der Waals surface area contributed by atoms with Crippen LogP contribution in [0.3, 0.4) is 0 Å². The molecule has 0 aliphatic carbocycles. The molecular weight excluding hydrogens is 322 g/mol. The lowest BCUT2D eigenvalue weighted by molar-refractivity contribution is 0.560. The van der Waals surface area contributed by atoms with E-state index in [1.807, 2.05) is 6.07 Å². The van der Waals surface area contributed by atoms with E-state index < -0.39 is 0 Å². The van der Waals surface area contributed by atoms with Gasteiger partial charge in [-0.05, 0) is 53.9 Å². The highest BCUT2D eigenvalue weighted by Crippen LogP contribution is 2.37. The number of fused-ring (bicyclic) bond motifs is 3. The van der Waals surface area contributed by atoms with Gasteiger partial charge in [-0.1, -0.05) is 23.2 Å². The van der Waals surface area contributed by atoms with Crippen molar-refractivity contribution in [3.63, 3.8) is 0 Å². The maximum Gasteiger partial charge on any atom is 0.123 e. The van der Waals surface area contributed by atoms with Gasteiger partial charge in [-0.3, -0.25) is 0 Å². The van der Waals surface area contributed by atoms with Crippen molar-refractivity contribution in [1.29, 1.82) is 0 Å². The predicted octanol–water partition coefficient (Wildman–Crippen LogP) is 4.85. The van der Waals surface area contributed by atoms with E-state index in [0.717, 1.165) is 40.7 Å². The van der Waals surface area contributed by atoms with E-state index in [-0.39, 0.29) is 11.9 Å². The van der Waals surface area contributed by atoms with Crippen molar-refractivity contribution in [2.45, 2.75) is 12.5 Å². The Labute approximate surface area is 137 Å². The van der Waals surface area contributed by atoms with E-state index in [1.165, 1.54) is 6.07 Å². The lowest BCUT2D eigenvalue weighted by Crippen LogP contribution is -2.30. The van der Waals surface area contributed by atoms with Crippen molar-refractivity contribution in [2.24, 2.45) is 0 Å². The second kappa shape index (κ2) is 5.27. The van der Waals surface area contributed by atoms with E-state index >= 15 is 0 Å². The topological polar surface area (TPSA) is 27.8 Å². The number of hydrogen-bond donors (Lipinski definition) is 2. The molecule has 112 valence electrons. The monoisotopic (exact) mass is 334 g/mol. The third-order valence-electron chi connectivity index (χ3n) is 4.18. The van der Waals surface area contributed by atoms with E-state index in [0.29, 0.717) is 10.0 Å². The first-order valence-corrected chi connectivity index (χ1v) is 7.87. The highest BCUT2D eigenvalue weighted by atomic mass is 35.5. The predicted molar refractivity (Wildman–Crippen MR) is 88.3 cm³/mol. The van der Waals surface area contributed by atoms with Crippen LogP contribution in [0, 0.1) is 5.82 Å². The molecule has 1 aliphatic rings. The molecule has 0 bridgehead atoms. The summed E-state index contributed by atoms with van der Waals surface area (Å²) in [7, 11) is 0. The zero-order chi connectivity index (χ0) is 15.3. The maximum atomic E-state index is 13.6. The standard InChI is InChI=1S/C17H13Cl2FN2/c18-9-1-3-14(19)13(7-9)16-17-11(5-6-21-16)12-8-10(20)2-4-15(12)22-17/h1-4,7-8,16,21-22H,5-6H2. The van der Waals surface area contributed by atoms with Crippen molar-refractivity contribution < 1.29 is 4.39 Å². The minimum Gasteiger partial charge on any atom is -0.357 e. The molecule has 3 aromatic rings. The Hall–Kier alpha value is -1.55. The maximum absolute atomic E-state index is 13.6. The third kappa shape index (κ3) is 2.21. The zero-order valence-corrected chi connectivity index (χ0v) is 13.1. The van der Waals surface area contributed by atoms with Gasteiger partial charge in [0, 0.05) is 33.2 Å². The Morgan fingerprint density at radius 3 is 2.82 bits per heavy atom. The molecule has 2 N–H and O–H groups in total. The van der Waals surface area contributed by atoms with E-state index in [2.05, 4.69) is 10.3 Å². The van der Waals surface area contributed by atoms with Crippen LogP contribution in [0.1, 0.15) is 22.9 Å². The second-order valence-corrected chi connectivity index (χ2v) is 6.35. The van der Waals surface area contributed by atoms with Gasteiger partial charge in [-0.15, -0.1) is 0 Å². The molecule has 0 amide bonds. The molecule has 0 fully saturated rings. The molecule has 0 radical (unpaired) electrons. The van der Waals surface area contributed by atoms with Crippen LogP contribution in [-0.2, 0) is 6.42 Å². The van der Waals surface area contributed by atoms with Gasteiger partial charge in [0.2, 0.25) is 0 Å². The lowest BCUT2D eigenvalue weighted by Gasteiger charge is -2.25. The summed E-state index contributed by atoms with van der Waals surface area (Å²) in [5.41, 5.74) is 4.06. The summed E-state index contributed by atoms with van der Waals surface area (Å²) in [6.07, 6.45) is 0.855. The van der Waals surface area contributed by atoms with Crippen LogP contribution in [0.25, 0.3) is 10.9 Å². The normalized spacial score (nSPS) is 17.7. The molecule has 2 nitrogen and oxygen atoms in total. The molecule has 0 saturated heterocycles. The summed E-state index contributed by atoms with van der Waals surface area (Å²) in [5.74, 6) is -0.217. The van der Waals surface area contributed by atoms with Crippen LogP contribution in [0.4, 0.5) is 4.39 Å². The Bertz CT molecular complexity index is 872. The fourth-order valence-corrected chi connectivity index (χ4v) is 3.61. The van der Waals surface area contributed by atoms with Crippen LogP contribution in [0.15, 0.2) is 36.4 Å². The molecule has 2 aromatic carbocycles. The van der Waals surface area contributed by atoms with E-state index in [1.54, 1.807) is 24.3 Å². The average Bonchev–Trinajstić information content (AvgIpc) is 2.88. The number of aromatic nitrogens is 1. The Morgan fingerprint density at radius 1 is 1.09 bits per heavy atom. The number of nitrogens with one attached hydrogen (secondary N) is 2. The Morgan fingerprint density at radius 2 is 1.95 bits per heavy atom. The highest BCUT2D eigenvalue weighted by molar-refractivity contribution is 6.33. The van der Waals surface area contributed by atoms with Crippen molar-refractivity contribution in [2.75, 3.05) is 6.54 Å². The van der Waals surface area contributed by atoms with Crippen molar-refractivity contribution in [3.05, 3.63) is 69.1 Å². The first kappa shape index (κ1) is 14.1. The van der Waals surface area contributed by atoms with Gasteiger partial charge < -0.3 is 10.3 Å². The first-order valence-electron chi connectivity index (χ1n) is 7.12. The molecule has 4 rings (SSSR count). The van der Waals surface area contributed by atoms with Gasteiger partial charge in [0.1, 0.15) is 5.82 Å². The summed E-state index contributed by atoms with van der Waals surface area (Å²) in [6.45, 7) is 0.809. The van der Waals surface area contributed by atoms with Crippen LogP contribution in [-0.4, -0.2) is 11.5 Å². The summed E-state index contributed by atoms with van der Waals surface area (Å²) >= 11 is 12.5. The Balaban J connectivity index is 1.92. The van der Waals surface area contributed by atoms with Crippen LogP contribution >= 0.6 is 23.2 Å². The smallest absolute Gasteiger partial charge is 0.123 e. The molecule has 1 unspecified atom stereocenters. The zero-order valence-electron chi connectivity index (χ0n) is 11.6. The average molecular weight is 335 g/mol. The molecule has 0 spiro atoms. The first-order chi connectivity index (χ1) is 10.6. The molecule has 0 saturated carbocycles. The van der Waals surface area contributed by atoms with E-state index in [4.69, 9.17) is 23.2 Å². The SMILES string of the molecule is Fc1ccc2[nH]c3c(c2c1)CCNC3c1cc(Cl)ccc1Cl. The quantitative estimate of drug-likeness (QED) is 0.654. The summed E-state index contributed by atoms with van der Waals surface area (Å²) in [5, 5.41) is 5.73. The van der Waals surface area contributed by atoms with Gasteiger partial charge in [0.05, 0.1) is 6.04 Å². The van der Waals surface area contributed by atoms with Crippen molar-refractivity contribution >= 4 is 34.1 Å². The molecule has 2 heterocycles. The van der Waals surface area contributed by atoms with Gasteiger partial charge >= 0.3 is 0 Å². The number of rotatable bonds is 1. The molecular formula is C17H13Cl2FN2. The number of aromatic amines is 1. The highest BCUT2D eigenvalue weighted by Gasteiger charge is 2.26. The number of halogens is 3. The van der Waals surface area contributed by atoms with Gasteiger partial charge in [0.25, 0.3) is 0 Å². The third-order valence-corrected chi connectivity index (χ3v) is 4.76. The fourth-order valence-electron chi connectivity index (χ4n) is 3.20. The summed E-state index contributed by atoms with van der Waals surface area (Å²) < 4.78 is 13.6. The van der Waals surface area contributed by atoms with Gasteiger partial charge in [-0.25, -0.2) is 4.39 Å². The Kier molecular flexibility index (Phi) is 3.37. The minimum atomic E-state index is -0.217. The molecule has 5 heteroatoms. The van der Waals surface area contributed by atoms with Crippen LogP contribution in [0.5, 0.6) is 0 Å². The number of benzene rings is 2. The van der Waals surface area contributed by atoms with Gasteiger partial charge in [0.15, 0.2) is 0 Å². The molecule has 1 aliphatic heterocycles. The lowest BCUT2D eigenvalue weighted by atomic mass is 9.94. The van der Waals surface area contributed by atoms with Crippen molar-refractivity contribution in [1.82, 2.24) is 10.3 Å². The molecule has 1 aromatic heterocycles. The largest absolute Gasteiger partial charge is 0.357 e. The van der Waals surface area contributed by atoms with Crippen molar-refractivity contribution in [3.8, 4) is 0 Å². The number of H-pyrrole nitrogens is 1. The number of hydrogen-bond acceptors (Lipinski definition) is 1. The summed E-state index contributed by atoms with van der Waals surface area (Å²) in [4.78, 5) is 3.41. The van der Waals surface area contributed by atoms with Gasteiger partial charge in [-0.2, -0.15) is 0 Å². The van der Waals surface area contributed by atoms with E-state index in [9.17, 15) is 4.39 Å². The molecule has 22 heavy (non-hydrogen) atoms.